The summed E-state index contributed by atoms with van der Waals surface area (Å²) in [5, 5.41) is 0. The van der Waals surface area contributed by atoms with E-state index in [1.807, 2.05) is 79.4 Å². The van der Waals surface area contributed by atoms with Gasteiger partial charge in [-0.25, -0.2) is 0 Å². The molecule has 1 aliphatic rings. The van der Waals surface area contributed by atoms with Crippen molar-refractivity contribution in [2.45, 2.75) is 52.0 Å². The van der Waals surface area contributed by atoms with Crippen LogP contribution in [0.1, 0.15) is 55.3 Å². The Bertz CT molecular complexity index is 1530. The van der Waals surface area contributed by atoms with Crippen LogP contribution in [0.5, 0.6) is 5.75 Å². The molecule has 1 aromatic carbocycles. The summed E-state index contributed by atoms with van der Waals surface area (Å²) in [6.45, 7) is 8.54. The van der Waals surface area contributed by atoms with Gasteiger partial charge in [-0.2, -0.15) is 0 Å². The Labute approximate surface area is 241 Å². The first-order valence-electron chi connectivity index (χ1n) is 13.9. The van der Waals surface area contributed by atoms with E-state index in [-0.39, 0.29) is 5.41 Å². The fourth-order valence-corrected chi connectivity index (χ4v) is 5.08. The van der Waals surface area contributed by atoms with Gasteiger partial charge in [-0.15, -0.1) is 0 Å². The summed E-state index contributed by atoms with van der Waals surface area (Å²) in [4.78, 5) is 23.2. The fourth-order valence-electron chi connectivity index (χ4n) is 5.08. The fraction of sp³-hybridized carbons (Fsp3) is 0.235. The highest BCUT2D eigenvalue weighted by Gasteiger charge is 2.38. The zero-order chi connectivity index (χ0) is 28.2. The molecule has 0 amide bonds. The molecule has 0 saturated carbocycles. The second-order valence-corrected chi connectivity index (χ2v) is 11.3. The van der Waals surface area contributed by atoms with Gasteiger partial charge in [-0.05, 0) is 71.6 Å². The van der Waals surface area contributed by atoms with E-state index in [2.05, 4.69) is 75.9 Å². The number of hydrogen-bond acceptors (Lipinski definition) is 7. The lowest BCUT2D eigenvalue weighted by Crippen LogP contribution is -2.28. The monoisotopic (exact) mass is 542 g/mol. The Balaban J connectivity index is 1.51. The van der Waals surface area contributed by atoms with Crippen LogP contribution in [0.15, 0.2) is 110 Å². The number of fused-ring (bicyclic) bond motifs is 1. The molecule has 4 aromatic heterocycles. The maximum absolute atomic E-state index is 6.89. The molecule has 1 aliphatic heterocycles. The summed E-state index contributed by atoms with van der Waals surface area (Å²) in [5.74, 6) is 0.830. The smallest absolute Gasteiger partial charge is 0.216 e. The normalized spacial score (nSPS) is 14.4. The van der Waals surface area contributed by atoms with Crippen molar-refractivity contribution in [3.8, 4) is 5.75 Å². The van der Waals surface area contributed by atoms with E-state index in [0.29, 0.717) is 19.6 Å². The van der Waals surface area contributed by atoms with Crippen molar-refractivity contribution in [2.75, 3.05) is 9.80 Å². The molecule has 5 heterocycles. The van der Waals surface area contributed by atoms with Gasteiger partial charge in [0.05, 0.1) is 48.1 Å². The molecule has 0 fully saturated rings. The van der Waals surface area contributed by atoms with Crippen molar-refractivity contribution in [3.63, 3.8) is 0 Å². The topological polar surface area (TPSA) is 67.3 Å². The van der Waals surface area contributed by atoms with Gasteiger partial charge in [-0.1, -0.05) is 45.0 Å². The maximum Gasteiger partial charge on any atom is 0.216 e. The number of anilines is 2. The van der Waals surface area contributed by atoms with Crippen molar-refractivity contribution in [1.29, 1.82) is 0 Å². The lowest BCUT2D eigenvalue weighted by Gasteiger charge is -2.29. The van der Waals surface area contributed by atoms with Crippen molar-refractivity contribution < 1.29 is 4.74 Å². The van der Waals surface area contributed by atoms with Gasteiger partial charge in [0, 0.05) is 24.8 Å². The van der Waals surface area contributed by atoms with Crippen LogP contribution < -0.4 is 14.5 Å². The molecule has 0 radical (unpaired) electrons. The van der Waals surface area contributed by atoms with Crippen molar-refractivity contribution in [3.05, 3.63) is 138 Å². The van der Waals surface area contributed by atoms with Crippen LogP contribution >= 0.6 is 0 Å². The second kappa shape index (κ2) is 11.4. The van der Waals surface area contributed by atoms with Crippen LogP contribution in [0.3, 0.4) is 0 Å². The van der Waals surface area contributed by atoms with E-state index >= 15 is 0 Å². The zero-order valence-corrected chi connectivity index (χ0v) is 23.7. The molecule has 7 heteroatoms. The molecule has 206 valence electrons. The minimum atomic E-state index is -0.395. The molecule has 5 aromatic rings. The van der Waals surface area contributed by atoms with Crippen molar-refractivity contribution >= 4 is 11.4 Å². The molecule has 1 atom stereocenters. The standard InChI is InChI=1S/C34H34N6O/c1-34(2,3)25-20-30(39(22-26-12-4-8-16-35-26)23-27-13-5-9-17-36-27)32-31(21-25)40(24-28-14-6-10-18-37-28)33(41-32)29-15-7-11-19-38-29/h4-21,33H,22-24H2,1-3H3/t33-/m1/s1. The molecular weight excluding hydrogens is 508 g/mol. The second-order valence-electron chi connectivity index (χ2n) is 11.3. The first kappa shape index (κ1) is 26.4. The predicted octanol–water partition coefficient (Wildman–Crippen LogP) is 6.87. The van der Waals surface area contributed by atoms with Crippen LogP contribution in [0.4, 0.5) is 11.4 Å². The Morgan fingerprint density at radius 2 is 1.27 bits per heavy atom. The highest BCUT2D eigenvalue weighted by molar-refractivity contribution is 5.77. The zero-order valence-electron chi connectivity index (χ0n) is 23.7. The summed E-state index contributed by atoms with van der Waals surface area (Å²) >= 11 is 0. The molecule has 7 nitrogen and oxygen atoms in total. The average Bonchev–Trinajstić information content (AvgIpc) is 3.36. The molecule has 6 rings (SSSR count). The third kappa shape index (κ3) is 5.89. The Hall–Kier alpha value is -4.78. The molecule has 0 aliphatic carbocycles. The van der Waals surface area contributed by atoms with Crippen LogP contribution in [-0.4, -0.2) is 19.9 Å². The number of nitrogens with zero attached hydrogens (tertiary/aromatic N) is 6. The number of benzene rings is 1. The van der Waals surface area contributed by atoms with Gasteiger partial charge in [0.1, 0.15) is 5.69 Å². The Kier molecular flexibility index (Phi) is 7.33. The Morgan fingerprint density at radius 1 is 0.707 bits per heavy atom. The van der Waals surface area contributed by atoms with E-state index in [9.17, 15) is 0 Å². The largest absolute Gasteiger partial charge is 0.460 e. The summed E-state index contributed by atoms with van der Waals surface area (Å²) in [7, 11) is 0. The van der Waals surface area contributed by atoms with E-state index in [4.69, 9.17) is 9.72 Å². The highest BCUT2D eigenvalue weighted by atomic mass is 16.5. The Morgan fingerprint density at radius 3 is 1.78 bits per heavy atom. The average molecular weight is 543 g/mol. The summed E-state index contributed by atoms with van der Waals surface area (Å²) < 4.78 is 6.89. The van der Waals surface area contributed by atoms with Crippen LogP contribution in [-0.2, 0) is 25.0 Å². The van der Waals surface area contributed by atoms with Gasteiger partial charge in [0.2, 0.25) is 6.23 Å². The van der Waals surface area contributed by atoms with Gasteiger partial charge < -0.3 is 14.5 Å². The first-order valence-corrected chi connectivity index (χ1v) is 13.9. The van der Waals surface area contributed by atoms with Gasteiger partial charge in [0.15, 0.2) is 5.75 Å². The van der Waals surface area contributed by atoms with E-state index in [1.165, 1.54) is 5.56 Å². The lowest BCUT2D eigenvalue weighted by molar-refractivity contribution is 0.222. The van der Waals surface area contributed by atoms with Gasteiger partial charge >= 0.3 is 0 Å². The molecule has 0 N–H and O–H groups in total. The van der Waals surface area contributed by atoms with Crippen molar-refractivity contribution in [2.24, 2.45) is 0 Å². The van der Waals surface area contributed by atoms with Gasteiger partial charge in [-0.3, -0.25) is 19.9 Å². The third-order valence-electron chi connectivity index (χ3n) is 7.24. The van der Waals surface area contributed by atoms with E-state index in [1.54, 1.807) is 0 Å². The summed E-state index contributed by atoms with van der Waals surface area (Å²) in [6, 6.07) is 28.6. The number of hydrogen-bond donors (Lipinski definition) is 0. The van der Waals surface area contributed by atoms with Crippen LogP contribution in [0.2, 0.25) is 0 Å². The molecule has 0 saturated heterocycles. The maximum atomic E-state index is 6.89. The molecule has 0 spiro atoms. The minimum Gasteiger partial charge on any atom is -0.460 e. The number of rotatable bonds is 8. The molecule has 41 heavy (non-hydrogen) atoms. The quantitative estimate of drug-likeness (QED) is 0.212. The van der Waals surface area contributed by atoms with E-state index in [0.717, 1.165) is 39.9 Å². The summed E-state index contributed by atoms with van der Waals surface area (Å²) in [5.41, 5.74) is 6.93. The van der Waals surface area contributed by atoms with Crippen molar-refractivity contribution in [1.82, 2.24) is 19.9 Å². The predicted molar refractivity (Wildman–Crippen MR) is 162 cm³/mol. The SMILES string of the molecule is CC(C)(C)c1cc(N(Cc2ccccn2)Cc2ccccn2)c2c(c1)N(Cc1ccccn1)[C@@H](c1ccccn1)O2. The van der Waals surface area contributed by atoms with Gasteiger partial charge in [0.25, 0.3) is 0 Å². The number of pyridine rings is 4. The van der Waals surface area contributed by atoms with Crippen LogP contribution in [0, 0.1) is 0 Å². The number of aromatic nitrogens is 4. The molecule has 0 unspecified atom stereocenters. The highest BCUT2D eigenvalue weighted by Crippen LogP contribution is 2.51. The third-order valence-corrected chi connectivity index (χ3v) is 7.24. The lowest BCUT2D eigenvalue weighted by atomic mass is 9.86. The molecule has 0 bridgehead atoms. The minimum absolute atomic E-state index is 0.0921. The van der Waals surface area contributed by atoms with Crippen LogP contribution in [0.25, 0.3) is 0 Å². The summed E-state index contributed by atoms with van der Waals surface area (Å²) in [6.07, 6.45) is 6.94. The first-order chi connectivity index (χ1) is 20.0. The number of ether oxygens (including phenoxy) is 1. The molecular formula is C34H34N6O. The van der Waals surface area contributed by atoms with E-state index < -0.39 is 6.23 Å².